The summed E-state index contributed by atoms with van der Waals surface area (Å²) >= 11 is 7.33. The molecule has 24 heavy (non-hydrogen) atoms. The number of carbonyl (C=O) groups excluding carboxylic acids is 2. The van der Waals surface area contributed by atoms with Gasteiger partial charge in [-0.05, 0) is 25.0 Å². The highest BCUT2D eigenvalue weighted by molar-refractivity contribution is 8.00. The van der Waals surface area contributed by atoms with Gasteiger partial charge >= 0.3 is 5.97 Å². The monoisotopic (exact) mass is 375 g/mol. The van der Waals surface area contributed by atoms with Crippen molar-refractivity contribution >= 4 is 40.9 Å². The first-order valence-electron chi connectivity index (χ1n) is 8.05. The minimum Gasteiger partial charge on any atom is -0.465 e. The van der Waals surface area contributed by atoms with Crippen LogP contribution in [0.3, 0.4) is 0 Å². The van der Waals surface area contributed by atoms with Crippen LogP contribution >= 0.6 is 23.4 Å². The predicted molar refractivity (Wildman–Crippen MR) is 96.1 cm³/mol. The molecule has 0 radical (unpaired) electrons. The summed E-state index contributed by atoms with van der Waals surface area (Å²) in [6.45, 7) is 5.95. The molecule has 0 fully saturated rings. The Labute approximate surface area is 151 Å². The van der Waals surface area contributed by atoms with E-state index in [0.29, 0.717) is 17.9 Å². The van der Waals surface area contributed by atoms with Crippen molar-refractivity contribution in [2.75, 3.05) is 11.9 Å². The second kappa shape index (κ2) is 10.6. The van der Waals surface area contributed by atoms with E-state index >= 15 is 0 Å². The van der Waals surface area contributed by atoms with E-state index in [1.54, 1.807) is 6.92 Å². The van der Waals surface area contributed by atoms with Gasteiger partial charge in [0.05, 0.1) is 17.3 Å². The fourth-order valence-electron chi connectivity index (χ4n) is 1.89. The molecule has 7 heteroatoms. The lowest BCUT2D eigenvalue weighted by molar-refractivity contribution is -0.143. The standard InChI is InChI=1S/C17H23ClFNO3S/c1-4-7-14(17(22)23-8-5-2)24-15-10-13(20-16(21)6-3)12(19)9-11(15)18/h9-10,14H,4-8H2,1-3H3,(H,20,21). The number of ether oxygens (including phenoxy) is 1. The molecule has 1 aromatic rings. The molecular weight excluding hydrogens is 353 g/mol. The van der Waals surface area contributed by atoms with Crippen LogP contribution in [0.25, 0.3) is 0 Å². The number of rotatable bonds is 9. The van der Waals surface area contributed by atoms with Gasteiger partial charge in [0.2, 0.25) is 5.91 Å². The van der Waals surface area contributed by atoms with Gasteiger partial charge in [0.15, 0.2) is 0 Å². The Hall–Kier alpha value is -1.27. The van der Waals surface area contributed by atoms with Crippen molar-refractivity contribution in [3.8, 4) is 0 Å². The first kappa shape index (κ1) is 20.8. The zero-order valence-corrected chi connectivity index (χ0v) is 15.7. The number of benzene rings is 1. The minimum absolute atomic E-state index is 0.0610. The van der Waals surface area contributed by atoms with E-state index < -0.39 is 11.1 Å². The molecule has 0 aliphatic heterocycles. The van der Waals surface area contributed by atoms with Crippen molar-refractivity contribution < 1.29 is 18.7 Å². The Bertz CT molecular complexity index is 583. The maximum Gasteiger partial charge on any atom is 0.319 e. The highest BCUT2D eigenvalue weighted by atomic mass is 35.5. The molecule has 0 aliphatic carbocycles. The molecule has 0 heterocycles. The fourth-order valence-corrected chi connectivity index (χ4v) is 3.36. The molecule has 1 atom stereocenters. The van der Waals surface area contributed by atoms with Crippen molar-refractivity contribution in [3.05, 3.63) is 23.0 Å². The Kier molecular flexibility index (Phi) is 9.14. The molecule has 0 aliphatic rings. The second-order valence-corrected chi connectivity index (χ2v) is 6.88. The summed E-state index contributed by atoms with van der Waals surface area (Å²) in [6.07, 6.45) is 2.42. The van der Waals surface area contributed by atoms with Crippen LogP contribution < -0.4 is 5.32 Å². The van der Waals surface area contributed by atoms with Gasteiger partial charge in [-0.15, -0.1) is 11.8 Å². The van der Waals surface area contributed by atoms with Gasteiger partial charge in [0.1, 0.15) is 11.1 Å². The Balaban J connectivity index is 2.98. The summed E-state index contributed by atoms with van der Waals surface area (Å²) in [4.78, 5) is 24.2. The van der Waals surface area contributed by atoms with Crippen LogP contribution in [-0.2, 0) is 14.3 Å². The summed E-state index contributed by atoms with van der Waals surface area (Å²) in [5, 5.41) is 2.28. The van der Waals surface area contributed by atoms with Gasteiger partial charge in [-0.25, -0.2) is 4.39 Å². The first-order chi connectivity index (χ1) is 11.4. The second-order valence-electron chi connectivity index (χ2n) is 5.23. The van der Waals surface area contributed by atoms with E-state index in [0.717, 1.165) is 18.9 Å². The van der Waals surface area contributed by atoms with Gasteiger partial charge < -0.3 is 10.1 Å². The Morgan fingerprint density at radius 1 is 1.29 bits per heavy atom. The molecule has 0 saturated heterocycles. The summed E-state index contributed by atoms with van der Waals surface area (Å²) in [5.74, 6) is -1.20. The quantitative estimate of drug-likeness (QED) is 0.485. The van der Waals surface area contributed by atoms with Crippen LogP contribution in [0.2, 0.25) is 5.02 Å². The number of carbonyl (C=O) groups is 2. The van der Waals surface area contributed by atoms with Crippen molar-refractivity contribution in [1.29, 1.82) is 0 Å². The molecule has 1 rings (SSSR count). The van der Waals surface area contributed by atoms with Crippen LogP contribution in [0.15, 0.2) is 17.0 Å². The summed E-state index contributed by atoms with van der Waals surface area (Å²) in [7, 11) is 0. The number of hydrogen-bond acceptors (Lipinski definition) is 4. The number of amides is 1. The van der Waals surface area contributed by atoms with Crippen molar-refractivity contribution in [3.63, 3.8) is 0 Å². The third-order valence-corrected chi connectivity index (χ3v) is 4.88. The number of halogens is 2. The smallest absolute Gasteiger partial charge is 0.319 e. The maximum absolute atomic E-state index is 13.9. The van der Waals surface area contributed by atoms with E-state index in [4.69, 9.17) is 16.3 Å². The molecule has 4 nitrogen and oxygen atoms in total. The van der Waals surface area contributed by atoms with Gasteiger partial charge in [0.25, 0.3) is 0 Å². The Morgan fingerprint density at radius 2 is 2.00 bits per heavy atom. The van der Waals surface area contributed by atoms with Gasteiger partial charge in [0, 0.05) is 11.3 Å². The molecular formula is C17H23ClFNO3S. The average molecular weight is 376 g/mol. The lowest BCUT2D eigenvalue weighted by Crippen LogP contribution is -2.20. The predicted octanol–water partition coefficient (Wildman–Crippen LogP) is 5.04. The topological polar surface area (TPSA) is 55.4 Å². The number of esters is 1. The first-order valence-corrected chi connectivity index (χ1v) is 9.30. The van der Waals surface area contributed by atoms with Crippen LogP contribution in [0.4, 0.5) is 10.1 Å². The zero-order valence-electron chi connectivity index (χ0n) is 14.2. The molecule has 0 bridgehead atoms. The molecule has 1 aromatic carbocycles. The van der Waals surface area contributed by atoms with Crippen LogP contribution in [0.5, 0.6) is 0 Å². The van der Waals surface area contributed by atoms with E-state index in [1.807, 2.05) is 13.8 Å². The molecule has 134 valence electrons. The minimum atomic E-state index is -0.605. The third kappa shape index (κ3) is 6.32. The van der Waals surface area contributed by atoms with Gasteiger partial charge in [-0.2, -0.15) is 0 Å². The average Bonchev–Trinajstić information content (AvgIpc) is 2.55. The van der Waals surface area contributed by atoms with E-state index in [1.165, 1.54) is 17.8 Å². The van der Waals surface area contributed by atoms with Gasteiger partial charge in [-0.1, -0.05) is 38.8 Å². The van der Waals surface area contributed by atoms with Crippen LogP contribution in [0.1, 0.15) is 46.5 Å². The van der Waals surface area contributed by atoms with E-state index in [2.05, 4.69) is 5.32 Å². The molecule has 0 saturated carbocycles. The van der Waals surface area contributed by atoms with Gasteiger partial charge in [-0.3, -0.25) is 9.59 Å². The van der Waals surface area contributed by atoms with Crippen molar-refractivity contribution in [1.82, 2.24) is 0 Å². The lowest BCUT2D eigenvalue weighted by Gasteiger charge is -2.16. The highest BCUT2D eigenvalue weighted by Gasteiger charge is 2.22. The summed E-state index contributed by atoms with van der Waals surface area (Å²) in [5.41, 5.74) is 0.0610. The molecule has 0 aromatic heterocycles. The van der Waals surface area contributed by atoms with Crippen molar-refractivity contribution in [2.24, 2.45) is 0 Å². The number of nitrogens with one attached hydrogen (secondary N) is 1. The molecule has 1 unspecified atom stereocenters. The number of hydrogen-bond donors (Lipinski definition) is 1. The molecule has 0 spiro atoms. The lowest BCUT2D eigenvalue weighted by atomic mass is 10.2. The fraction of sp³-hybridized carbons (Fsp3) is 0.529. The Morgan fingerprint density at radius 3 is 2.58 bits per heavy atom. The largest absolute Gasteiger partial charge is 0.465 e. The highest BCUT2D eigenvalue weighted by Crippen LogP contribution is 2.36. The summed E-state index contributed by atoms with van der Waals surface area (Å²) < 4.78 is 19.1. The SMILES string of the molecule is CCCOC(=O)C(CCC)Sc1cc(NC(=O)CC)c(F)cc1Cl. The maximum atomic E-state index is 13.9. The normalized spacial score (nSPS) is 11.9. The zero-order chi connectivity index (χ0) is 18.1. The van der Waals surface area contributed by atoms with Crippen molar-refractivity contribution in [2.45, 2.75) is 56.6 Å². The van der Waals surface area contributed by atoms with Crippen LogP contribution in [-0.4, -0.2) is 23.7 Å². The molecule has 1 N–H and O–H groups in total. The number of anilines is 1. The van der Waals surface area contributed by atoms with E-state index in [9.17, 15) is 14.0 Å². The number of thioether (sulfide) groups is 1. The molecule has 1 amide bonds. The van der Waals surface area contributed by atoms with Crippen LogP contribution in [0, 0.1) is 5.82 Å². The summed E-state index contributed by atoms with van der Waals surface area (Å²) in [6, 6.07) is 2.61. The third-order valence-electron chi connectivity index (χ3n) is 3.15. The van der Waals surface area contributed by atoms with E-state index in [-0.39, 0.29) is 29.0 Å².